The maximum atomic E-state index is 12.8. The number of rotatable bonds is 13. The summed E-state index contributed by atoms with van der Waals surface area (Å²) in [4.78, 5) is 26.2. The fourth-order valence-electron chi connectivity index (χ4n) is 5.10. The minimum Gasteiger partial charge on any atom is -0.444 e. The Morgan fingerprint density at radius 1 is 0.978 bits per heavy atom. The van der Waals surface area contributed by atoms with Crippen molar-refractivity contribution in [3.8, 4) is 11.1 Å². The summed E-state index contributed by atoms with van der Waals surface area (Å²) in [5.74, 6) is 1.03. The Morgan fingerprint density at radius 2 is 1.59 bits per heavy atom. The number of carbonyl (C=O) groups excluding carboxylic acids is 1. The lowest BCUT2D eigenvalue weighted by Crippen LogP contribution is -2.41. The Kier molecular flexibility index (Phi) is 12.0. The van der Waals surface area contributed by atoms with Crippen LogP contribution in [0.15, 0.2) is 30.6 Å². The van der Waals surface area contributed by atoms with Crippen LogP contribution in [-0.4, -0.2) is 92.1 Å². The predicted molar refractivity (Wildman–Crippen MR) is 191 cm³/mol. The molecule has 0 radical (unpaired) electrons. The van der Waals surface area contributed by atoms with Gasteiger partial charge in [-0.3, -0.25) is 0 Å². The lowest BCUT2D eigenvalue weighted by atomic mass is 9.93. The quantitative estimate of drug-likeness (QED) is 0.0772. The van der Waals surface area contributed by atoms with E-state index in [2.05, 4.69) is 55.2 Å². The Labute approximate surface area is 281 Å². The molecular weight excluding hydrogens is 636 g/mol. The van der Waals surface area contributed by atoms with E-state index in [1.807, 2.05) is 37.5 Å². The molecule has 0 bridgehead atoms. The third-order valence-electron chi connectivity index (χ3n) is 7.89. The molecule has 1 saturated heterocycles. The third kappa shape index (κ3) is 10.8. The van der Waals surface area contributed by atoms with Crippen LogP contribution in [-0.2, 0) is 14.2 Å². The van der Waals surface area contributed by atoms with E-state index in [9.17, 15) is 4.79 Å². The van der Waals surface area contributed by atoms with Crippen molar-refractivity contribution in [1.29, 1.82) is 0 Å². The summed E-state index contributed by atoms with van der Waals surface area (Å²) in [5, 5.41) is 5.25. The monoisotopic (exact) mass is 688 g/mol. The van der Waals surface area contributed by atoms with E-state index in [0.29, 0.717) is 44.9 Å². The molecule has 1 aliphatic heterocycles. The SMILES string of the molecule is CC(C)(C)OC(=O)N1CCC(c2cc(N(COCC[Si](C)(C)C)COCC[Si](C)(C)C)n3ncc(-c4ccc(Cl)nc4)c3n2)CC1. The normalized spacial score (nSPS) is 15.0. The van der Waals surface area contributed by atoms with Crippen molar-refractivity contribution in [2.24, 2.45) is 0 Å². The van der Waals surface area contributed by atoms with Crippen LogP contribution in [0, 0.1) is 0 Å². The third-order valence-corrected chi connectivity index (χ3v) is 11.5. The van der Waals surface area contributed by atoms with Gasteiger partial charge >= 0.3 is 6.09 Å². The van der Waals surface area contributed by atoms with Crippen molar-refractivity contribution in [2.75, 3.05) is 44.7 Å². The number of fused-ring (bicyclic) bond motifs is 1. The Bertz CT molecular complexity index is 1420. The van der Waals surface area contributed by atoms with E-state index in [1.165, 1.54) is 0 Å². The van der Waals surface area contributed by atoms with Gasteiger partial charge in [-0.1, -0.05) is 50.9 Å². The highest BCUT2D eigenvalue weighted by Crippen LogP contribution is 2.33. The number of pyridine rings is 1. The van der Waals surface area contributed by atoms with E-state index in [0.717, 1.165) is 53.2 Å². The molecule has 0 atom stereocenters. The standard InChI is InChI=1S/C33H53ClN6O4Si2/c1-33(2,3)44-32(41)38-14-12-25(13-15-38)28-20-30(40-31(37-28)27(22-36-40)26-10-11-29(34)35-21-26)39(23-42-16-18-45(4,5)6)24-43-17-19-46(7,8)9/h10-11,20-22,25H,12-19,23-24H2,1-9H3. The number of hydrogen-bond acceptors (Lipinski definition) is 8. The van der Waals surface area contributed by atoms with Gasteiger partial charge in [-0.15, -0.1) is 0 Å². The molecule has 1 amide bonds. The van der Waals surface area contributed by atoms with Crippen LogP contribution in [0.25, 0.3) is 16.8 Å². The summed E-state index contributed by atoms with van der Waals surface area (Å²) in [6, 6.07) is 8.01. The van der Waals surface area contributed by atoms with Gasteiger partial charge in [0.2, 0.25) is 0 Å². The van der Waals surface area contributed by atoms with Gasteiger partial charge in [-0.2, -0.15) is 9.61 Å². The maximum Gasteiger partial charge on any atom is 0.410 e. The number of carbonyl (C=O) groups is 1. The van der Waals surface area contributed by atoms with Crippen LogP contribution in [0.5, 0.6) is 0 Å². The molecule has 4 rings (SSSR count). The Morgan fingerprint density at radius 3 is 2.11 bits per heavy atom. The second-order valence-corrected chi connectivity index (χ2v) is 27.3. The minimum atomic E-state index is -1.25. The molecule has 10 nitrogen and oxygen atoms in total. The summed E-state index contributed by atoms with van der Waals surface area (Å²) >= 11 is 6.12. The summed E-state index contributed by atoms with van der Waals surface area (Å²) in [7, 11) is -2.50. The van der Waals surface area contributed by atoms with Gasteiger partial charge in [-0.25, -0.2) is 14.8 Å². The van der Waals surface area contributed by atoms with Crippen LogP contribution in [0.4, 0.5) is 10.6 Å². The van der Waals surface area contributed by atoms with Gasteiger partial charge in [0.05, 0.1) is 6.20 Å². The second kappa shape index (κ2) is 15.1. The fourth-order valence-corrected chi connectivity index (χ4v) is 6.72. The number of likely N-dealkylation sites (tertiary alicyclic amines) is 1. The molecule has 0 spiro atoms. The van der Waals surface area contributed by atoms with Gasteiger partial charge in [-0.05, 0) is 57.8 Å². The number of piperidine rings is 1. The van der Waals surface area contributed by atoms with E-state index in [1.54, 1.807) is 17.2 Å². The summed E-state index contributed by atoms with van der Waals surface area (Å²) in [5.41, 5.74) is 2.93. The molecular formula is C33H53ClN6O4Si2. The van der Waals surface area contributed by atoms with Crippen molar-refractivity contribution < 1.29 is 19.0 Å². The minimum absolute atomic E-state index is 0.163. The largest absolute Gasteiger partial charge is 0.444 e. The van der Waals surface area contributed by atoms with E-state index in [4.69, 9.17) is 35.9 Å². The highest BCUT2D eigenvalue weighted by atomic mass is 35.5. The Balaban J connectivity index is 1.67. The molecule has 0 saturated carbocycles. The van der Waals surface area contributed by atoms with Gasteiger partial charge in [0.25, 0.3) is 0 Å². The van der Waals surface area contributed by atoms with Crippen LogP contribution in [0.1, 0.15) is 45.2 Å². The molecule has 254 valence electrons. The average molecular weight is 689 g/mol. The molecule has 0 N–H and O–H groups in total. The van der Waals surface area contributed by atoms with Crippen molar-refractivity contribution in [2.45, 2.75) is 96.5 Å². The predicted octanol–water partition coefficient (Wildman–Crippen LogP) is 7.99. The van der Waals surface area contributed by atoms with Crippen molar-refractivity contribution in [1.82, 2.24) is 24.5 Å². The first-order valence-electron chi connectivity index (χ1n) is 16.4. The molecule has 1 aliphatic rings. The van der Waals surface area contributed by atoms with E-state index >= 15 is 0 Å². The van der Waals surface area contributed by atoms with Crippen molar-refractivity contribution >= 4 is 45.3 Å². The van der Waals surface area contributed by atoms with Gasteiger partial charge in [0, 0.05) is 77.5 Å². The number of hydrogen-bond donors (Lipinski definition) is 0. The van der Waals surface area contributed by atoms with E-state index in [-0.39, 0.29) is 12.0 Å². The zero-order chi connectivity index (χ0) is 33.7. The first-order valence-corrected chi connectivity index (χ1v) is 24.2. The van der Waals surface area contributed by atoms with Crippen LogP contribution < -0.4 is 4.90 Å². The number of halogens is 1. The van der Waals surface area contributed by atoms with Crippen LogP contribution in [0.3, 0.4) is 0 Å². The molecule has 0 unspecified atom stereocenters. The highest BCUT2D eigenvalue weighted by molar-refractivity contribution is 6.76. The highest BCUT2D eigenvalue weighted by Gasteiger charge is 2.30. The zero-order valence-electron chi connectivity index (χ0n) is 29.2. The smallest absolute Gasteiger partial charge is 0.410 e. The summed E-state index contributed by atoms with van der Waals surface area (Å²) in [6.07, 6.45) is 4.90. The van der Waals surface area contributed by atoms with E-state index < -0.39 is 21.7 Å². The first kappa shape index (κ1) is 36.3. The zero-order valence-corrected chi connectivity index (χ0v) is 32.0. The average Bonchev–Trinajstić information content (AvgIpc) is 3.38. The van der Waals surface area contributed by atoms with Crippen LogP contribution >= 0.6 is 11.6 Å². The maximum absolute atomic E-state index is 12.8. The number of ether oxygens (including phenoxy) is 3. The number of anilines is 1. The first-order chi connectivity index (χ1) is 21.5. The number of nitrogens with zero attached hydrogens (tertiary/aromatic N) is 6. The molecule has 46 heavy (non-hydrogen) atoms. The second-order valence-electron chi connectivity index (χ2n) is 15.7. The molecule has 0 aliphatic carbocycles. The molecule has 0 aromatic carbocycles. The molecule has 13 heteroatoms. The van der Waals surface area contributed by atoms with Crippen molar-refractivity contribution in [3.05, 3.63) is 41.4 Å². The number of aromatic nitrogens is 4. The lowest BCUT2D eigenvalue weighted by Gasteiger charge is -2.33. The molecule has 3 aromatic heterocycles. The molecule has 4 heterocycles. The summed E-state index contributed by atoms with van der Waals surface area (Å²) < 4.78 is 20.1. The number of amides is 1. The Hall–Kier alpha value is -2.52. The van der Waals surface area contributed by atoms with Crippen LogP contribution in [0.2, 0.25) is 56.5 Å². The van der Waals surface area contributed by atoms with Gasteiger partial charge in [0.15, 0.2) is 5.65 Å². The van der Waals surface area contributed by atoms with Gasteiger partial charge < -0.3 is 24.0 Å². The van der Waals surface area contributed by atoms with Gasteiger partial charge in [0.1, 0.15) is 30.0 Å². The fraction of sp³-hybridized carbons (Fsp3) is 0.636. The molecule has 1 fully saturated rings. The molecule has 3 aromatic rings. The van der Waals surface area contributed by atoms with Crippen molar-refractivity contribution in [3.63, 3.8) is 0 Å². The lowest BCUT2D eigenvalue weighted by molar-refractivity contribution is 0.0204. The summed E-state index contributed by atoms with van der Waals surface area (Å²) in [6.45, 7) is 23.2. The topological polar surface area (TPSA) is 94.3 Å².